The minimum atomic E-state index is -0.390. The Bertz CT molecular complexity index is 2970. The van der Waals surface area contributed by atoms with Crippen molar-refractivity contribution in [1.29, 1.82) is 0 Å². The molecule has 0 saturated carbocycles. The first-order valence-corrected chi connectivity index (χ1v) is 21.1. The van der Waals surface area contributed by atoms with Gasteiger partial charge < -0.3 is 4.90 Å². The lowest BCUT2D eigenvalue weighted by molar-refractivity contribution is 0.660. The van der Waals surface area contributed by atoms with Gasteiger partial charge in [-0.3, -0.25) is 0 Å². The van der Waals surface area contributed by atoms with Crippen molar-refractivity contribution in [1.82, 2.24) is 0 Å². The van der Waals surface area contributed by atoms with Gasteiger partial charge in [0.05, 0.1) is 5.41 Å². The number of fused-ring (bicyclic) bond motifs is 12. The minimum absolute atomic E-state index is 0.136. The molecule has 59 heavy (non-hydrogen) atoms. The Balaban J connectivity index is 1.14. The van der Waals surface area contributed by atoms with E-state index in [0.29, 0.717) is 0 Å². The van der Waals surface area contributed by atoms with E-state index in [0.717, 1.165) is 29.9 Å². The smallest absolute Gasteiger partial charge is 0.0722 e. The molecule has 12 rings (SSSR count). The van der Waals surface area contributed by atoms with Crippen LogP contribution in [0.1, 0.15) is 60.1 Å². The number of anilines is 3. The zero-order chi connectivity index (χ0) is 39.3. The molecule has 0 amide bonds. The number of hydrogen-bond acceptors (Lipinski definition) is 1. The van der Waals surface area contributed by atoms with Crippen molar-refractivity contribution < 1.29 is 0 Å². The molecule has 0 saturated heterocycles. The molecule has 0 bridgehead atoms. The van der Waals surface area contributed by atoms with Gasteiger partial charge in [0.15, 0.2) is 0 Å². The molecule has 0 fully saturated rings. The molecule has 0 radical (unpaired) electrons. The van der Waals surface area contributed by atoms with Crippen molar-refractivity contribution in [2.75, 3.05) is 4.90 Å². The van der Waals surface area contributed by atoms with Gasteiger partial charge >= 0.3 is 0 Å². The summed E-state index contributed by atoms with van der Waals surface area (Å²) in [6.07, 6.45) is 6.96. The molecule has 1 spiro atoms. The lowest BCUT2D eigenvalue weighted by atomic mass is 9.69. The summed E-state index contributed by atoms with van der Waals surface area (Å²) in [5.41, 5.74) is 24.3. The Morgan fingerprint density at radius 2 is 0.881 bits per heavy atom. The molecular weight excluding hydrogens is 711 g/mol. The van der Waals surface area contributed by atoms with Crippen LogP contribution in [-0.2, 0) is 10.8 Å². The largest absolute Gasteiger partial charge is 0.310 e. The van der Waals surface area contributed by atoms with Crippen LogP contribution in [0.25, 0.3) is 50.1 Å². The van der Waals surface area contributed by atoms with Crippen LogP contribution in [0.2, 0.25) is 0 Å². The summed E-state index contributed by atoms with van der Waals surface area (Å²) in [6.45, 7) is 4.76. The van der Waals surface area contributed by atoms with Gasteiger partial charge in [-0.1, -0.05) is 172 Å². The second kappa shape index (κ2) is 12.8. The summed E-state index contributed by atoms with van der Waals surface area (Å²) in [4.78, 5) is 2.53. The average molecular weight is 754 g/mol. The van der Waals surface area contributed by atoms with Crippen LogP contribution in [0.5, 0.6) is 0 Å². The SMILES string of the molecule is CC1(C)c2ccccc2-c2ccc(N(c3cc(-c4ccccc4)cc(-c4ccccc4)c3)c3ccc4c(c3)C3(C5=C4CCC=C5)c4ccccc4-c4ccccc43)cc21. The Hall–Kier alpha value is -6.96. The first-order valence-electron chi connectivity index (χ1n) is 21.1. The van der Waals surface area contributed by atoms with Gasteiger partial charge in [-0.25, -0.2) is 0 Å². The van der Waals surface area contributed by atoms with Crippen LogP contribution in [0.15, 0.2) is 206 Å². The van der Waals surface area contributed by atoms with Gasteiger partial charge in [0.2, 0.25) is 0 Å². The Morgan fingerprint density at radius 1 is 0.390 bits per heavy atom. The van der Waals surface area contributed by atoms with Crippen molar-refractivity contribution in [3.8, 4) is 44.5 Å². The average Bonchev–Trinajstić information content (AvgIpc) is 3.85. The van der Waals surface area contributed by atoms with E-state index in [1.807, 2.05) is 0 Å². The fourth-order valence-electron chi connectivity index (χ4n) is 11.1. The van der Waals surface area contributed by atoms with Crippen molar-refractivity contribution in [3.63, 3.8) is 0 Å². The van der Waals surface area contributed by atoms with Crippen LogP contribution < -0.4 is 4.90 Å². The molecule has 0 aromatic heterocycles. The Labute approximate surface area is 347 Å². The summed E-state index contributed by atoms with van der Waals surface area (Å²) in [5.74, 6) is 0. The number of nitrogens with zero attached hydrogens (tertiary/aromatic N) is 1. The van der Waals surface area contributed by atoms with E-state index in [1.165, 1.54) is 89.0 Å². The van der Waals surface area contributed by atoms with E-state index in [2.05, 4.69) is 219 Å². The van der Waals surface area contributed by atoms with Crippen LogP contribution >= 0.6 is 0 Å². The highest BCUT2D eigenvalue weighted by Gasteiger charge is 2.52. The molecule has 1 nitrogen and oxygen atoms in total. The van der Waals surface area contributed by atoms with E-state index >= 15 is 0 Å². The summed E-state index contributed by atoms with van der Waals surface area (Å²) in [5, 5.41) is 0. The minimum Gasteiger partial charge on any atom is -0.310 e. The highest BCUT2D eigenvalue weighted by molar-refractivity contribution is 5.97. The molecule has 8 aromatic carbocycles. The molecule has 0 N–H and O–H groups in total. The van der Waals surface area contributed by atoms with E-state index in [9.17, 15) is 0 Å². The third-order valence-corrected chi connectivity index (χ3v) is 13.7. The van der Waals surface area contributed by atoms with Crippen LogP contribution in [-0.4, -0.2) is 0 Å². The van der Waals surface area contributed by atoms with E-state index in [-0.39, 0.29) is 10.8 Å². The molecule has 8 aromatic rings. The zero-order valence-corrected chi connectivity index (χ0v) is 33.4. The number of hydrogen-bond donors (Lipinski definition) is 0. The second-order valence-electron chi connectivity index (χ2n) is 17.1. The van der Waals surface area contributed by atoms with E-state index < -0.39 is 0 Å². The predicted molar refractivity (Wildman–Crippen MR) is 247 cm³/mol. The van der Waals surface area contributed by atoms with Gasteiger partial charge in [-0.05, 0) is 144 Å². The van der Waals surface area contributed by atoms with Crippen molar-refractivity contribution >= 4 is 22.6 Å². The fourth-order valence-corrected chi connectivity index (χ4v) is 11.1. The normalized spacial score (nSPS) is 15.6. The number of rotatable bonds is 5. The highest BCUT2D eigenvalue weighted by atomic mass is 15.1. The molecule has 0 atom stereocenters. The van der Waals surface area contributed by atoms with Crippen molar-refractivity contribution in [3.05, 3.63) is 239 Å². The molecule has 1 heteroatoms. The first-order chi connectivity index (χ1) is 29.0. The third-order valence-electron chi connectivity index (χ3n) is 13.7. The summed E-state index contributed by atoms with van der Waals surface area (Å²) >= 11 is 0. The zero-order valence-electron chi connectivity index (χ0n) is 33.4. The van der Waals surface area contributed by atoms with Gasteiger partial charge in [0.1, 0.15) is 0 Å². The van der Waals surface area contributed by atoms with Crippen molar-refractivity contribution in [2.24, 2.45) is 0 Å². The van der Waals surface area contributed by atoms with Gasteiger partial charge in [-0.15, -0.1) is 0 Å². The van der Waals surface area contributed by atoms with Crippen LogP contribution in [0.4, 0.5) is 17.1 Å². The molecule has 280 valence electrons. The Kier molecular flexibility index (Phi) is 7.38. The van der Waals surface area contributed by atoms with Crippen LogP contribution in [0, 0.1) is 0 Å². The van der Waals surface area contributed by atoms with Gasteiger partial charge in [0.25, 0.3) is 0 Å². The third kappa shape index (κ3) is 4.85. The molecule has 0 heterocycles. The van der Waals surface area contributed by atoms with Crippen molar-refractivity contribution in [2.45, 2.75) is 37.5 Å². The molecule has 0 aliphatic heterocycles. The lowest BCUT2D eigenvalue weighted by Crippen LogP contribution is -2.27. The first kappa shape index (κ1) is 34.1. The maximum atomic E-state index is 2.55. The maximum absolute atomic E-state index is 2.55. The lowest BCUT2D eigenvalue weighted by Gasteiger charge is -2.34. The topological polar surface area (TPSA) is 3.24 Å². The molecule has 4 aliphatic rings. The Morgan fingerprint density at radius 3 is 1.49 bits per heavy atom. The predicted octanol–water partition coefficient (Wildman–Crippen LogP) is 15.2. The quantitative estimate of drug-likeness (QED) is 0.169. The molecule has 0 unspecified atom stereocenters. The molecular formula is C58H43N. The fraction of sp³-hybridized carbons (Fsp3) is 0.103. The van der Waals surface area contributed by atoms with Crippen LogP contribution in [0.3, 0.4) is 0 Å². The van der Waals surface area contributed by atoms with Gasteiger partial charge in [-0.2, -0.15) is 0 Å². The number of benzene rings is 8. The van der Waals surface area contributed by atoms with E-state index in [1.54, 1.807) is 0 Å². The van der Waals surface area contributed by atoms with Gasteiger partial charge in [0, 0.05) is 22.5 Å². The summed E-state index contributed by atoms with van der Waals surface area (Å²) in [6, 6.07) is 70.6. The maximum Gasteiger partial charge on any atom is 0.0722 e. The summed E-state index contributed by atoms with van der Waals surface area (Å²) < 4.78 is 0. The second-order valence-corrected chi connectivity index (χ2v) is 17.1. The van der Waals surface area contributed by atoms with E-state index in [4.69, 9.17) is 0 Å². The number of allylic oxidation sites excluding steroid dienone is 4. The monoisotopic (exact) mass is 753 g/mol. The highest BCUT2D eigenvalue weighted by Crippen LogP contribution is 2.64. The molecule has 4 aliphatic carbocycles. The summed E-state index contributed by atoms with van der Waals surface area (Å²) in [7, 11) is 0. The standard InChI is InChI=1S/C58H43N/c1-57(2)51-25-13-9-21-45(51)49-31-29-42(36-55(49)57)59(44-34-40(38-17-5-3-6-18-38)33-41(35-44)39-19-7-4-8-20-39)43-30-32-50-48-24-12-16-28-54(48)58(56(50)37-43)52-26-14-10-22-46(52)47-23-11-15-27-53(47)58/h3-11,13-23,25-37H,12,24H2,1-2H3.